The normalized spacial score (nSPS) is 11.0. The summed E-state index contributed by atoms with van der Waals surface area (Å²) in [5.74, 6) is -0.148. The average molecular weight is 363 g/mol. The molecule has 0 N–H and O–H groups in total. The number of nitrogens with zero attached hydrogens (tertiary/aromatic N) is 6. The molecule has 114 valence electrons. The molecule has 3 aromatic heterocycles. The van der Waals surface area contributed by atoms with Crippen molar-refractivity contribution in [1.82, 2.24) is 29.3 Å². The van der Waals surface area contributed by atoms with Crippen LogP contribution in [-0.4, -0.2) is 42.2 Å². The quantitative estimate of drug-likeness (QED) is 0.711. The second-order valence-electron chi connectivity index (χ2n) is 4.90. The van der Waals surface area contributed by atoms with Gasteiger partial charge < -0.3 is 4.90 Å². The Labute approximate surface area is 135 Å². The molecule has 1 amide bonds. The second kappa shape index (κ2) is 5.88. The molecular formula is C14H15BrN6O. The summed E-state index contributed by atoms with van der Waals surface area (Å²) in [5, 5.41) is 8.48. The van der Waals surface area contributed by atoms with Crippen molar-refractivity contribution in [2.24, 2.45) is 0 Å². The maximum absolute atomic E-state index is 12.5. The fourth-order valence-corrected chi connectivity index (χ4v) is 2.54. The van der Waals surface area contributed by atoms with Gasteiger partial charge >= 0.3 is 0 Å². The summed E-state index contributed by atoms with van der Waals surface area (Å²) in [4.78, 5) is 18.3. The predicted molar refractivity (Wildman–Crippen MR) is 84.4 cm³/mol. The highest BCUT2D eigenvalue weighted by Gasteiger charge is 2.17. The highest BCUT2D eigenvalue weighted by Crippen LogP contribution is 2.12. The zero-order chi connectivity index (χ0) is 15.7. The van der Waals surface area contributed by atoms with Gasteiger partial charge in [0.1, 0.15) is 0 Å². The predicted octanol–water partition coefficient (Wildman–Crippen LogP) is 1.98. The molecule has 0 aliphatic heterocycles. The third-order valence-corrected chi connectivity index (χ3v) is 3.76. The van der Waals surface area contributed by atoms with E-state index in [-0.39, 0.29) is 5.91 Å². The topological polar surface area (TPSA) is 68.3 Å². The van der Waals surface area contributed by atoms with E-state index in [1.54, 1.807) is 41.1 Å². The number of amides is 1. The van der Waals surface area contributed by atoms with Crippen LogP contribution >= 0.6 is 15.9 Å². The van der Waals surface area contributed by atoms with Crippen molar-refractivity contribution in [2.45, 2.75) is 20.0 Å². The van der Waals surface area contributed by atoms with Crippen LogP contribution in [0.1, 0.15) is 23.1 Å². The molecule has 7 nitrogen and oxygen atoms in total. The molecule has 3 rings (SSSR count). The molecule has 0 aliphatic rings. The average Bonchev–Trinajstić information content (AvgIpc) is 3.11. The SMILES string of the molecule is CCn1nccc1CN(C)C(=O)c1cc2ncc(Br)cn2n1. The van der Waals surface area contributed by atoms with Gasteiger partial charge in [-0.25, -0.2) is 9.50 Å². The van der Waals surface area contributed by atoms with Crippen LogP contribution in [0.5, 0.6) is 0 Å². The first-order valence-electron chi connectivity index (χ1n) is 6.85. The lowest BCUT2D eigenvalue weighted by molar-refractivity contribution is 0.0775. The van der Waals surface area contributed by atoms with Crippen LogP contribution in [-0.2, 0) is 13.1 Å². The fraction of sp³-hybridized carbons (Fsp3) is 0.286. The summed E-state index contributed by atoms with van der Waals surface area (Å²) in [6, 6.07) is 3.60. The minimum atomic E-state index is -0.148. The maximum atomic E-state index is 12.5. The molecule has 0 radical (unpaired) electrons. The van der Waals surface area contributed by atoms with E-state index in [2.05, 4.69) is 31.1 Å². The molecule has 0 bridgehead atoms. The van der Waals surface area contributed by atoms with Crippen molar-refractivity contribution in [3.8, 4) is 0 Å². The Balaban J connectivity index is 1.82. The highest BCUT2D eigenvalue weighted by atomic mass is 79.9. The standard InChI is InChI=1S/C14H15BrN6O/c1-3-20-11(4-5-17-20)9-19(2)14(22)12-6-13-16-7-10(15)8-21(13)18-12/h4-8H,3,9H2,1-2H3. The van der Waals surface area contributed by atoms with Crippen molar-refractivity contribution in [3.05, 3.63) is 46.6 Å². The molecule has 0 saturated carbocycles. The molecule has 8 heteroatoms. The lowest BCUT2D eigenvalue weighted by atomic mass is 10.3. The number of aryl methyl sites for hydroxylation is 1. The Morgan fingerprint density at radius 1 is 1.45 bits per heavy atom. The summed E-state index contributed by atoms with van der Waals surface area (Å²) in [6.45, 7) is 3.28. The van der Waals surface area contributed by atoms with Gasteiger partial charge in [-0.15, -0.1) is 0 Å². The van der Waals surface area contributed by atoms with Crippen molar-refractivity contribution in [1.29, 1.82) is 0 Å². The van der Waals surface area contributed by atoms with Gasteiger partial charge in [-0.3, -0.25) is 9.48 Å². The van der Waals surface area contributed by atoms with E-state index in [0.29, 0.717) is 17.9 Å². The molecule has 22 heavy (non-hydrogen) atoms. The number of carbonyl (C=O) groups is 1. The van der Waals surface area contributed by atoms with Crippen LogP contribution in [0, 0.1) is 0 Å². The van der Waals surface area contributed by atoms with Crippen LogP contribution < -0.4 is 0 Å². The molecule has 0 aromatic carbocycles. The fourth-order valence-electron chi connectivity index (χ4n) is 2.25. The van der Waals surface area contributed by atoms with E-state index >= 15 is 0 Å². The lowest BCUT2D eigenvalue weighted by Crippen LogP contribution is -2.27. The summed E-state index contributed by atoms with van der Waals surface area (Å²) >= 11 is 3.33. The van der Waals surface area contributed by atoms with Gasteiger partial charge in [-0.2, -0.15) is 10.2 Å². The van der Waals surface area contributed by atoms with Gasteiger partial charge in [0.05, 0.1) is 16.7 Å². The number of rotatable bonds is 4. The van der Waals surface area contributed by atoms with E-state index in [1.165, 1.54) is 0 Å². The minimum Gasteiger partial charge on any atom is -0.334 e. The van der Waals surface area contributed by atoms with Gasteiger partial charge in [0.25, 0.3) is 5.91 Å². The number of hydrogen-bond acceptors (Lipinski definition) is 4. The molecule has 0 unspecified atom stereocenters. The number of fused-ring (bicyclic) bond motifs is 1. The number of hydrogen-bond donors (Lipinski definition) is 0. The van der Waals surface area contributed by atoms with Crippen molar-refractivity contribution < 1.29 is 4.79 Å². The van der Waals surface area contributed by atoms with Crippen molar-refractivity contribution >= 4 is 27.5 Å². The molecule has 0 aliphatic carbocycles. The molecule has 3 aromatic rings. The van der Waals surface area contributed by atoms with Gasteiger partial charge in [0, 0.05) is 38.2 Å². The molecular weight excluding hydrogens is 348 g/mol. The highest BCUT2D eigenvalue weighted by molar-refractivity contribution is 9.10. The van der Waals surface area contributed by atoms with Gasteiger partial charge in [-0.1, -0.05) is 0 Å². The second-order valence-corrected chi connectivity index (χ2v) is 5.82. The molecule has 3 heterocycles. The Morgan fingerprint density at radius 2 is 2.27 bits per heavy atom. The summed E-state index contributed by atoms with van der Waals surface area (Å²) < 4.78 is 4.26. The number of halogens is 1. The smallest absolute Gasteiger partial charge is 0.274 e. The third kappa shape index (κ3) is 2.74. The summed E-state index contributed by atoms with van der Waals surface area (Å²) in [5.41, 5.74) is 2.00. The van der Waals surface area contributed by atoms with E-state index < -0.39 is 0 Å². The van der Waals surface area contributed by atoms with Crippen LogP contribution in [0.3, 0.4) is 0 Å². The Morgan fingerprint density at radius 3 is 3.05 bits per heavy atom. The summed E-state index contributed by atoms with van der Waals surface area (Å²) in [7, 11) is 1.75. The zero-order valence-corrected chi connectivity index (χ0v) is 13.9. The Bertz CT molecular complexity index is 824. The van der Waals surface area contributed by atoms with Crippen molar-refractivity contribution in [2.75, 3.05) is 7.05 Å². The first kappa shape index (κ1) is 14.7. The van der Waals surface area contributed by atoms with Crippen LogP contribution in [0.15, 0.2) is 35.2 Å². The van der Waals surface area contributed by atoms with E-state index in [0.717, 1.165) is 16.7 Å². The molecule has 0 saturated heterocycles. The van der Waals surface area contributed by atoms with Crippen LogP contribution in [0.4, 0.5) is 0 Å². The van der Waals surface area contributed by atoms with Gasteiger partial charge in [-0.05, 0) is 28.9 Å². The Kier molecular flexibility index (Phi) is 3.93. The third-order valence-electron chi connectivity index (χ3n) is 3.35. The van der Waals surface area contributed by atoms with Gasteiger partial charge in [0.2, 0.25) is 0 Å². The molecule has 0 fully saturated rings. The van der Waals surface area contributed by atoms with Crippen molar-refractivity contribution in [3.63, 3.8) is 0 Å². The molecule has 0 atom stereocenters. The molecule has 0 spiro atoms. The van der Waals surface area contributed by atoms with E-state index in [1.807, 2.05) is 17.7 Å². The largest absolute Gasteiger partial charge is 0.334 e. The first-order valence-corrected chi connectivity index (χ1v) is 7.65. The summed E-state index contributed by atoms with van der Waals surface area (Å²) in [6.07, 6.45) is 5.18. The van der Waals surface area contributed by atoms with Gasteiger partial charge in [0.15, 0.2) is 11.3 Å². The minimum absolute atomic E-state index is 0.148. The lowest BCUT2D eigenvalue weighted by Gasteiger charge is -2.16. The number of aromatic nitrogens is 5. The zero-order valence-electron chi connectivity index (χ0n) is 12.3. The van der Waals surface area contributed by atoms with E-state index in [9.17, 15) is 4.79 Å². The Hall–Kier alpha value is -2.22. The first-order chi connectivity index (χ1) is 10.6. The monoisotopic (exact) mass is 362 g/mol. The van der Waals surface area contributed by atoms with Crippen LogP contribution in [0.2, 0.25) is 0 Å². The van der Waals surface area contributed by atoms with Crippen LogP contribution in [0.25, 0.3) is 5.65 Å². The maximum Gasteiger partial charge on any atom is 0.274 e. The van der Waals surface area contributed by atoms with E-state index in [4.69, 9.17) is 0 Å². The number of carbonyl (C=O) groups excluding carboxylic acids is 1.